The van der Waals surface area contributed by atoms with Crippen molar-refractivity contribution >= 4 is 46.4 Å². The van der Waals surface area contributed by atoms with E-state index in [1.54, 1.807) is 30.5 Å². The zero-order valence-electron chi connectivity index (χ0n) is 8.96. The minimum Gasteiger partial charge on any atom is -0.436 e. The average molecular weight is 323 g/mol. The number of hydrogen-bond donors (Lipinski definition) is 0. The molecular weight excluding hydrogens is 316 g/mol. The van der Waals surface area contributed by atoms with Crippen LogP contribution in [0.5, 0.6) is 11.6 Å². The highest BCUT2D eigenvalue weighted by atomic mass is 35.5. The Labute approximate surface area is 124 Å². The molecule has 0 fully saturated rings. The molecule has 94 valence electrons. The Kier molecular flexibility index (Phi) is 4.57. The van der Waals surface area contributed by atoms with Crippen molar-refractivity contribution < 1.29 is 4.74 Å². The van der Waals surface area contributed by atoms with E-state index >= 15 is 0 Å². The van der Waals surface area contributed by atoms with E-state index in [2.05, 4.69) is 4.98 Å². The van der Waals surface area contributed by atoms with E-state index in [1.807, 2.05) is 0 Å². The van der Waals surface area contributed by atoms with E-state index in [0.717, 1.165) is 5.56 Å². The molecule has 1 heterocycles. The topological polar surface area (TPSA) is 22.1 Å². The molecule has 1 aromatic carbocycles. The number of benzene rings is 1. The Morgan fingerprint density at radius 2 is 1.89 bits per heavy atom. The van der Waals surface area contributed by atoms with Crippen molar-refractivity contribution in [3.8, 4) is 11.6 Å². The summed E-state index contributed by atoms with van der Waals surface area (Å²) in [6.45, 7) is 0. The molecule has 0 aliphatic rings. The number of pyridine rings is 1. The highest BCUT2D eigenvalue weighted by Gasteiger charge is 2.10. The largest absolute Gasteiger partial charge is 0.436 e. The maximum atomic E-state index is 6.03. The van der Waals surface area contributed by atoms with Crippen LogP contribution in [0.15, 0.2) is 30.5 Å². The molecule has 0 saturated heterocycles. The van der Waals surface area contributed by atoms with E-state index in [4.69, 9.17) is 51.1 Å². The third-order valence-electron chi connectivity index (χ3n) is 2.14. The summed E-state index contributed by atoms with van der Waals surface area (Å²) in [6.07, 6.45) is 1.59. The Hall–Kier alpha value is -0.670. The van der Waals surface area contributed by atoms with Gasteiger partial charge in [0.2, 0.25) is 5.88 Å². The normalized spacial score (nSPS) is 10.4. The zero-order valence-corrected chi connectivity index (χ0v) is 12.0. The molecule has 0 bridgehead atoms. The Bertz CT molecular complexity index is 574. The smallest absolute Gasteiger partial charge is 0.238 e. The van der Waals surface area contributed by atoms with Crippen LogP contribution < -0.4 is 4.74 Å². The fourth-order valence-electron chi connectivity index (χ4n) is 1.28. The highest BCUT2D eigenvalue weighted by molar-refractivity contribution is 6.43. The van der Waals surface area contributed by atoms with Gasteiger partial charge in [-0.3, -0.25) is 0 Å². The van der Waals surface area contributed by atoms with Crippen LogP contribution in [-0.2, 0) is 5.88 Å². The van der Waals surface area contributed by atoms with Crippen LogP contribution in [0.3, 0.4) is 0 Å². The predicted molar refractivity (Wildman–Crippen MR) is 75.3 cm³/mol. The van der Waals surface area contributed by atoms with Crippen LogP contribution in [0.2, 0.25) is 15.1 Å². The monoisotopic (exact) mass is 321 g/mol. The number of nitrogens with zero attached hydrogens (tertiary/aromatic N) is 1. The number of hydrogen-bond acceptors (Lipinski definition) is 2. The van der Waals surface area contributed by atoms with Gasteiger partial charge in [0, 0.05) is 12.1 Å². The van der Waals surface area contributed by atoms with Crippen LogP contribution in [0.4, 0.5) is 0 Å². The Balaban J connectivity index is 2.31. The number of rotatable bonds is 3. The summed E-state index contributed by atoms with van der Waals surface area (Å²) >= 11 is 23.6. The second-order valence-electron chi connectivity index (χ2n) is 3.42. The third-order valence-corrected chi connectivity index (χ3v) is 3.52. The molecule has 18 heavy (non-hydrogen) atoms. The van der Waals surface area contributed by atoms with E-state index in [0.29, 0.717) is 26.7 Å². The highest BCUT2D eigenvalue weighted by Crippen LogP contribution is 2.36. The van der Waals surface area contributed by atoms with Gasteiger partial charge in [-0.1, -0.05) is 40.9 Å². The van der Waals surface area contributed by atoms with E-state index in [9.17, 15) is 0 Å². The molecule has 0 saturated carbocycles. The van der Waals surface area contributed by atoms with Gasteiger partial charge < -0.3 is 4.74 Å². The Morgan fingerprint density at radius 1 is 1.11 bits per heavy atom. The number of ether oxygens (including phenoxy) is 1. The van der Waals surface area contributed by atoms with Crippen molar-refractivity contribution in [2.24, 2.45) is 0 Å². The maximum absolute atomic E-state index is 6.03. The fraction of sp³-hybridized carbons (Fsp3) is 0.0833. The van der Waals surface area contributed by atoms with Crippen LogP contribution in [0, 0.1) is 0 Å². The van der Waals surface area contributed by atoms with Crippen molar-refractivity contribution in [1.82, 2.24) is 4.98 Å². The first-order chi connectivity index (χ1) is 8.61. The zero-order chi connectivity index (χ0) is 13.1. The van der Waals surface area contributed by atoms with Crippen molar-refractivity contribution in [3.05, 3.63) is 51.1 Å². The summed E-state index contributed by atoms with van der Waals surface area (Å²) in [7, 11) is 0. The van der Waals surface area contributed by atoms with Crippen LogP contribution in [0.1, 0.15) is 5.56 Å². The van der Waals surface area contributed by atoms with Gasteiger partial charge >= 0.3 is 0 Å². The van der Waals surface area contributed by atoms with Crippen molar-refractivity contribution in [1.29, 1.82) is 0 Å². The Morgan fingerprint density at radius 3 is 2.56 bits per heavy atom. The molecular formula is C12H7Cl4NO. The lowest BCUT2D eigenvalue weighted by Gasteiger charge is -2.09. The number of halogens is 4. The van der Waals surface area contributed by atoms with Crippen molar-refractivity contribution in [2.75, 3.05) is 0 Å². The van der Waals surface area contributed by atoms with E-state index < -0.39 is 0 Å². The molecule has 0 N–H and O–H groups in total. The molecule has 0 aliphatic heterocycles. The van der Waals surface area contributed by atoms with Gasteiger partial charge in [0.15, 0.2) is 0 Å². The molecule has 0 amide bonds. The standard InChI is InChI=1S/C12H7Cl4NO/c13-5-7-4-9(15)12(17-6-7)18-10-3-1-2-8(14)11(10)16/h1-4,6H,5H2. The summed E-state index contributed by atoms with van der Waals surface area (Å²) in [4.78, 5) is 4.07. The average Bonchev–Trinajstić information content (AvgIpc) is 2.37. The fourth-order valence-corrected chi connectivity index (χ4v) is 1.98. The van der Waals surface area contributed by atoms with E-state index in [-0.39, 0.29) is 5.88 Å². The van der Waals surface area contributed by atoms with Gasteiger partial charge in [-0.15, -0.1) is 11.6 Å². The first-order valence-electron chi connectivity index (χ1n) is 4.94. The first kappa shape index (κ1) is 13.8. The van der Waals surface area contributed by atoms with Gasteiger partial charge in [-0.05, 0) is 23.8 Å². The lowest BCUT2D eigenvalue weighted by molar-refractivity contribution is 0.463. The summed E-state index contributed by atoms with van der Waals surface area (Å²) in [5.74, 6) is 0.997. The molecule has 2 aromatic rings. The van der Waals surface area contributed by atoms with Gasteiger partial charge in [-0.2, -0.15) is 0 Å². The third kappa shape index (κ3) is 3.01. The predicted octanol–water partition coefficient (Wildman–Crippen LogP) is 5.57. The van der Waals surface area contributed by atoms with Gasteiger partial charge in [0.05, 0.1) is 5.02 Å². The molecule has 0 radical (unpaired) electrons. The second-order valence-corrected chi connectivity index (χ2v) is 4.88. The minimum atomic E-state index is 0.259. The minimum absolute atomic E-state index is 0.259. The number of alkyl halides is 1. The SMILES string of the molecule is ClCc1cnc(Oc2cccc(Cl)c2Cl)c(Cl)c1. The first-order valence-corrected chi connectivity index (χ1v) is 6.61. The molecule has 1 aromatic heterocycles. The molecule has 0 spiro atoms. The van der Waals surface area contributed by atoms with Gasteiger partial charge in [-0.25, -0.2) is 4.98 Å². The van der Waals surface area contributed by atoms with Gasteiger partial charge in [0.1, 0.15) is 15.8 Å². The number of aromatic nitrogens is 1. The maximum Gasteiger partial charge on any atom is 0.238 e. The molecule has 0 aliphatic carbocycles. The van der Waals surface area contributed by atoms with Crippen molar-refractivity contribution in [3.63, 3.8) is 0 Å². The second kappa shape index (κ2) is 5.98. The summed E-state index contributed by atoms with van der Waals surface area (Å²) in [5, 5.41) is 1.09. The van der Waals surface area contributed by atoms with Gasteiger partial charge in [0.25, 0.3) is 0 Å². The van der Waals surface area contributed by atoms with E-state index in [1.165, 1.54) is 0 Å². The lowest BCUT2D eigenvalue weighted by Crippen LogP contribution is -1.91. The molecule has 2 rings (SSSR count). The quantitative estimate of drug-likeness (QED) is 0.689. The molecule has 6 heteroatoms. The summed E-state index contributed by atoms with van der Waals surface area (Å²) < 4.78 is 5.52. The lowest BCUT2D eigenvalue weighted by atomic mass is 10.3. The molecule has 2 nitrogen and oxygen atoms in total. The van der Waals surface area contributed by atoms with Crippen LogP contribution in [-0.4, -0.2) is 4.98 Å². The van der Waals surface area contributed by atoms with Crippen LogP contribution >= 0.6 is 46.4 Å². The van der Waals surface area contributed by atoms with Crippen molar-refractivity contribution in [2.45, 2.75) is 5.88 Å². The molecule has 0 atom stereocenters. The summed E-state index contributed by atoms with van der Waals surface area (Å²) in [6, 6.07) is 6.77. The molecule has 0 unspecified atom stereocenters. The van der Waals surface area contributed by atoms with Crippen LogP contribution in [0.25, 0.3) is 0 Å². The summed E-state index contributed by atoms with van der Waals surface area (Å²) in [5.41, 5.74) is 0.811.